The summed E-state index contributed by atoms with van der Waals surface area (Å²) in [5.74, 6) is 0.367. The molecule has 6 heteroatoms. The van der Waals surface area contributed by atoms with Gasteiger partial charge in [-0.2, -0.15) is 0 Å². The second kappa shape index (κ2) is 10.8. The Morgan fingerprint density at radius 3 is 2.42 bits per heavy atom. The van der Waals surface area contributed by atoms with Crippen molar-refractivity contribution in [2.75, 3.05) is 33.4 Å². The van der Waals surface area contributed by atoms with Crippen LogP contribution in [0.1, 0.15) is 27.2 Å². The van der Waals surface area contributed by atoms with Gasteiger partial charge in [-0.3, -0.25) is 9.59 Å². The van der Waals surface area contributed by atoms with E-state index in [1.165, 1.54) is 0 Å². The average molecular weight is 273 g/mol. The first-order valence-corrected chi connectivity index (χ1v) is 6.71. The molecule has 0 aromatic rings. The number of amides is 2. The molecular weight excluding hydrogens is 246 g/mol. The van der Waals surface area contributed by atoms with Gasteiger partial charge < -0.3 is 20.7 Å². The Morgan fingerprint density at radius 1 is 1.16 bits per heavy atom. The maximum atomic E-state index is 11.5. The average Bonchev–Trinajstić information content (AvgIpc) is 2.32. The fourth-order valence-electron chi connectivity index (χ4n) is 1.43. The standard InChI is InChI=1S/C13H27N3O3/c1-10(2)7-15-12(17)5-6-14-8-13(18)16-11(3)9-19-4/h10-11,14H,5-9H2,1-4H3,(H,15,17)(H,16,18). The summed E-state index contributed by atoms with van der Waals surface area (Å²) in [7, 11) is 1.59. The summed E-state index contributed by atoms with van der Waals surface area (Å²) >= 11 is 0. The Kier molecular flexibility index (Phi) is 10.1. The summed E-state index contributed by atoms with van der Waals surface area (Å²) in [4.78, 5) is 22.8. The molecule has 6 nitrogen and oxygen atoms in total. The third-order valence-corrected chi connectivity index (χ3v) is 2.35. The van der Waals surface area contributed by atoms with Crippen molar-refractivity contribution in [3.8, 4) is 0 Å². The normalized spacial score (nSPS) is 12.3. The summed E-state index contributed by atoms with van der Waals surface area (Å²) in [6.45, 7) is 7.85. The maximum Gasteiger partial charge on any atom is 0.234 e. The summed E-state index contributed by atoms with van der Waals surface area (Å²) in [5, 5.41) is 8.54. The fourth-order valence-corrected chi connectivity index (χ4v) is 1.43. The lowest BCUT2D eigenvalue weighted by Crippen LogP contribution is -2.41. The minimum Gasteiger partial charge on any atom is -0.383 e. The van der Waals surface area contributed by atoms with Crippen molar-refractivity contribution in [1.82, 2.24) is 16.0 Å². The van der Waals surface area contributed by atoms with Crippen LogP contribution in [-0.2, 0) is 14.3 Å². The number of carbonyl (C=O) groups is 2. The van der Waals surface area contributed by atoms with Crippen LogP contribution in [0.25, 0.3) is 0 Å². The van der Waals surface area contributed by atoms with E-state index in [0.29, 0.717) is 32.0 Å². The van der Waals surface area contributed by atoms with Gasteiger partial charge in [0.25, 0.3) is 0 Å². The van der Waals surface area contributed by atoms with Gasteiger partial charge in [0.2, 0.25) is 11.8 Å². The maximum absolute atomic E-state index is 11.5. The highest BCUT2D eigenvalue weighted by Gasteiger charge is 2.07. The van der Waals surface area contributed by atoms with E-state index < -0.39 is 0 Å². The largest absolute Gasteiger partial charge is 0.383 e. The number of hydrogen-bond acceptors (Lipinski definition) is 4. The second-order valence-corrected chi connectivity index (χ2v) is 5.05. The Morgan fingerprint density at radius 2 is 1.84 bits per heavy atom. The summed E-state index contributed by atoms with van der Waals surface area (Å²) in [6.07, 6.45) is 0.383. The van der Waals surface area contributed by atoms with Crippen LogP contribution in [0.15, 0.2) is 0 Å². The van der Waals surface area contributed by atoms with Crippen molar-refractivity contribution >= 4 is 11.8 Å². The summed E-state index contributed by atoms with van der Waals surface area (Å²) in [5.41, 5.74) is 0. The minimum atomic E-state index is -0.0906. The molecule has 1 unspecified atom stereocenters. The van der Waals surface area contributed by atoms with E-state index in [-0.39, 0.29) is 24.4 Å². The number of nitrogens with one attached hydrogen (secondary N) is 3. The molecule has 0 aliphatic carbocycles. The molecular formula is C13H27N3O3. The van der Waals surface area contributed by atoms with Crippen molar-refractivity contribution in [3.05, 3.63) is 0 Å². The van der Waals surface area contributed by atoms with Gasteiger partial charge in [-0.25, -0.2) is 0 Å². The smallest absolute Gasteiger partial charge is 0.234 e. The van der Waals surface area contributed by atoms with Crippen LogP contribution in [-0.4, -0.2) is 51.2 Å². The highest BCUT2D eigenvalue weighted by atomic mass is 16.5. The van der Waals surface area contributed by atoms with Crippen molar-refractivity contribution < 1.29 is 14.3 Å². The van der Waals surface area contributed by atoms with Crippen LogP contribution in [0.2, 0.25) is 0 Å². The lowest BCUT2D eigenvalue weighted by Gasteiger charge is -2.13. The molecule has 0 heterocycles. The molecule has 0 bridgehead atoms. The lowest BCUT2D eigenvalue weighted by atomic mass is 10.2. The SMILES string of the molecule is COCC(C)NC(=O)CNCCC(=O)NCC(C)C. The molecule has 0 spiro atoms. The quantitative estimate of drug-likeness (QED) is 0.485. The fraction of sp³-hybridized carbons (Fsp3) is 0.846. The van der Waals surface area contributed by atoms with Crippen molar-refractivity contribution in [2.45, 2.75) is 33.2 Å². The van der Waals surface area contributed by atoms with Crippen molar-refractivity contribution in [3.63, 3.8) is 0 Å². The van der Waals surface area contributed by atoms with Crippen LogP contribution >= 0.6 is 0 Å². The molecule has 3 N–H and O–H groups in total. The van der Waals surface area contributed by atoms with E-state index in [1.807, 2.05) is 20.8 Å². The van der Waals surface area contributed by atoms with Crippen LogP contribution in [0.4, 0.5) is 0 Å². The summed E-state index contributed by atoms with van der Waals surface area (Å²) < 4.78 is 4.92. The topological polar surface area (TPSA) is 79.5 Å². The molecule has 2 amide bonds. The summed E-state index contributed by atoms with van der Waals surface area (Å²) in [6, 6.07) is -0.00589. The van der Waals surface area contributed by atoms with Gasteiger partial charge in [0.15, 0.2) is 0 Å². The van der Waals surface area contributed by atoms with E-state index in [9.17, 15) is 9.59 Å². The number of methoxy groups -OCH3 is 1. The predicted octanol–water partition coefficient (Wildman–Crippen LogP) is -0.111. The van der Waals surface area contributed by atoms with Gasteiger partial charge in [0.1, 0.15) is 0 Å². The Hall–Kier alpha value is -1.14. The first-order valence-electron chi connectivity index (χ1n) is 6.71. The van der Waals surface area contributed by atoms with Gasteiger partial charge in [-0.05, 0) is 12.8 Å². The molecule has 0 aromatic heterocycles. The highest BCUT2D eigenvalue weighted by Crippen LogP contribution is 1.88. The van der Waals surface area contributed by atoms with E-state index >= 15 is 0 Å². The Balaban J connectivity index is 3.52. The monoisotopic (exact) mass is 273 g/mol. The van der Waals surface area contributed by atoms with Crippen LogP contribution in [0, 0.1) is 5.92 Å². The van der Waals surface area contributed by atoms with Gasteiger partial charge in [-0.1, -0.05) is 13.8 Å². The Bertz CT molecular complexity index is 270. The molecule has 1 atom stereocenters. The lowest BCUT2D eigenvalue weighted by molar-refractivity contribution is -0.122. The molecule has 0 saturated heterocycles. The van der Waals surface area contributed by atoms with Gasteiger partial charge >= 0.3 is 0 Å². The Labute approximate surface area is 115 Å². The van der Waals surface area contributed by atoms with E-state index in [2.05, 4.69) is 16.0 Å². The van der Waals surface area contributed by atoms with Crippen molar-refractivity contribution in [1.29, 1.82) is 0 Å². The van der Waals surface area contributed by atoms with E-state index in [1.54, 1.807) is 7.11 Å². The molecule has 0 radical (unpaired) electrons. The molecule has 112 valence electrons. The van der Waals surface area contributed by atoms with Crippen LogP contribution in [0.5, 0.6) is 0 Å². The number of carbonyl (C=O) groups excluding carboxylic acids is 2. The van der Waals surface area contributed by atoms with Gasteiger partial charge in [0.05, 0.1) is 13.2 Å². The third-order valence-electron chi connectivity index (χ3n) is 2.35. The molecule has 0 aliphatic rings. The molecule has 0 aromatic carbocycles. The van der Waals surface area contributed by atoms with Crippen molar-refractivity contribution in [2.24, 2.45) is 5.92 Å². The first-order chi connectivity index (χ1) is 8.95. The predicted molar refractivity (Wildman–Crippen MR) is 74.8 cm³/mol. The zero-order chi connectivity index (χ0) is 14.7. The zero-order valence-electron chi connectivity index (χ0n) is 12.4. The van der Waals surface area contributed by atoms with Gasteiger partial charge in [0, 0.05) is 32.7 Å². The minimum absolute atomic E-state index is 0.00589. The van der Waals surface area contributed by atoms with Crippen LogP contribution < -0.4 is 16.0 Å². The van der Waals surface area contributed by atoms with Crippen LogP contribution in [0.3, 0.4) is 0 Å². The number of ether oxygens (including phenoxy) is 1. The van der Waals surface area contributed by atoms with E-state index in [4.69, 9.17) is 4.74 Å². The molecule has 0 fully saturated rings. The first kappa shape index (κ1) is 17.9. The molecule has 19 heavy (non-hydrogen) atoms. The molecule has 0 rings (SSSR count). The van der Waals surface area contributed by atoms with Gasteiger partial charge in [-0.15, -0.1) is 0 Å². The molecule has 0 saturated carbocycles. The zero-order valence-corrected chi connectivity index (χ0v) is 12.4. The second-order valence-electron chi connectivity index (χ2n) is 5.05. The third kappa shape index (κ3) is 11.7. The number of hydrogen-bond donors (Lipinski definition) is 3. The number of rotatable bonds is 10. The molecule has 0 aliphatic heterocycles. The highest BCUT2D eigenvalue weighted by molar-refractivity contribution is 5.78. The van der Waals surface area contributed by atoms with E-state index in [0.717, 1.165) is 0 Å².